The fraction of sp³-hybridized carbons (Fsp3) is 0.692. The fourth-order valence-electron chi connectivity index (χ4n) is 2.48. The Hall–Kier alpha value is -1.36. The summed E-state index contributed by atoms with van der Waals surface area (Å²) in [7, 11) is 0. The second kappa shape index (κ2) is 5.52. The summed E-state index contributed by atoms with van der Waals surface area (Å²) in [5, 5.41) is 0. The minimum absolute atomic E-state index is 0.352. The SMILES string of the molecule is CCN1CCN(c2ncnc(N)c2C(C)C)CC1. The van der Waals surface area contributed by atoms with Gasteiger partial charge < -0.3 is 15.5 Å². The molecule has 1 aromatic rings. The maximum absolute atomic E-state index is 5.99. The predicted octanol–water partition coefficient (Wildman–Crippen LogP) is 1.32. The number of hydrogen-bond donors (Lipinski definition) is 1. The Bertz CT molecular complexity index is 396. The van der Waals surface area contributed by atoms with Gasteiger partial charge in [-0.1, -0.05) is 20.8 Å². The van der Waals surface area contributed by atoms with Gasteiger partial charge in [-0.3, -0.25) is 0 Å². The summed E-state index contributed by atoms with van der Waals surface area (Å²) in [5.74, 6) is 1.99. The molecule has 5 nitrogen and oxygen atoms in total. The normalized spacial score (nSPS) is 17.4. The fourth-order valence-corrected chi connectivity index (χ4v) is 2.48. The Labute approximate surface area is 109 Å². The van der Waals surface area contributed by atoms with E-state index >= 15 is 0 Å². The van der Waals surface area contributed by atoms with Crippen LogP contribution in [0.15, 0.2) is 6.33 Å². The van der Waals surface area contributed by atoms with Crippen molar-refractivity contribution in [3.63, 3.8) is 0 Å². The lowest BCUT2D eigenvalue weighted by atomic mass is 10.0. The molecule has 1 saturated heterocycles. The van der Waals surface area contributed by atoms with Crippen LogP contribution in [0.25, 0.3) is 0 Å². The molecule has 1 aromatic heterocycles. The van der Waals surface area contributed by atoms with Crippen molar-refractivity contribution < 1.29 is 0 Å². The third-order valence-corrected chi connectivity index (χ3v) is 3.59. The molecule has 0 radical (unpaired) electrons. The van der Waals surface area contributed by atoms with E-state index in [2.05, 4.69) is 40.5 Å². The van der Waals surface area contributed by atoms with E-state index in [-0.39, 0.29) is 0 Å². The van der Waals surface area contributed by atoms with E-state index in [9.17, 15) is 0 Å². The van der Waals surface area contributed by atoms with Crippen LogP contribution < -0.4 is 10.6 Å². The predicted molar refractivity (Wildman–Crippen MR) is 74.9 cm³/mol. The van der Waals surface area contributed by atoms with Crippen molar-refractivity contribution in [3.8, 4) is 0 Å². The van der Waals surface area contributed by atoms with Gasteiger partial charge in [0.1, 0.15) is 18.0 Å². The quantitative estimate of drug-likeness (QED) is 0.875. The van der Waals surface area contributed by atoms with Gasteiger partial charge in [-0.2, -0.15) is 0 Å². The molecular formula is C13H23N5. The smallest absolute Gasteiger partial charge is 0.137 e. The molecule has 0 aliphatic carbocycles. The van der Waals surface area contributed by atoms with Crippen LogP contribution in [0.4, 0.5) is 11.6 Å². The highest BCUT2D eigenvalue weighted by Gasteiger charge is 2.22. The number of nitrogens with two attached hydrogens (primary N) is 1. The summed E-state index contributed by atoms with van der Waals surface area (Å²) in [6, 6.07) is 0. The molecule has 100 valence electrons. The van der Waals surface area contributed by atoms with Gasteiger partial charge in [0, 0.05) is 31.7 Å². The molecule has 5 heteroatoms. The molecule has 2 heterocycles. The summed E-state index contributed by atoms with van der Waals surface area (Å²) in [5.41, 5.74) is 7.08. The second-order valence-corrected chi connectivity index (χ2v) is 5.07. The molecule has 0 saturated carbocycles. The standard InChI is InChI=1S/C13H23N5/c1-4-17-5-7-18(8-6-17)13-11(10(2)3)12(14)15-9-16-13/h9-10H,4-8H2,1-3H3,(H2,14,15,16). The van der Waals surface area contributed by atoms with Gasteiger partial charge in [0.25, 0.3) is 0 Å². The van der Waals surface area contributed by atoms with Crippen LogP contribution in [0.2, 0.25) is 0 Å². The Morgan fingerprint density at radius 2 is 1.89 bits per heavy atom. The number of anilines is 2. The molecule has 0 aromatic carbocycles. The van der Waals surface area contributed by atoms with Crippen molar-refractivity contribution >= 4 is 11.6 Å². The van der Waals surface area contributed by atoms with Crippen LogP contribution in [-0.2, 0) is 0 Å². The Morgan fingerprint density at radius 3 is 2.44 bits per heavy atom. The van der Waals surface area contributed by atoms with E-state index in [0.29, 0.717) is 11.7 Å². The zero-order valence-corrected chi connectivity index (χ0v) is 11.6. The first kappa shape index (κ1) is 13.1. The van der Waals surface area contributed by atoms with Crippen molar-refractivity contribution in [1.82, 2.24) is 14.9 Å². The first-order valence-corrected chi connectivity index (χ1v) is 6.71. The monoisotopic (exact) mass is 249 g/mol. The van der Waals surface area contributed by atoms with Gasteiger partial charge >= 0.3 is 0 Å². The Kier molecular flexibility index (Phi) is 4.01. The summed E-state index contributed by atoms with van der Waals surface area (Å²) in [4.78, 5) is 13.4. The highest BCUT2D eigenvalue weighted by molar-refractivity contribution is 5.58. The van der Waals surface area contributed by atoms with Gasteiger partial charge in [0.05, 0.1) is 0 Å². The molecule has 1 fully saturated rings. The van der Waals surface area contributed by atoms with Gasteiger partial charge in [-0.05, 0) is 12.5 Å². The third kappa shape index (κ3) is 2.56. The van der Waals surface area contributed by atoms with E-state index in [1.165, 1.54) is 0 Å². The van der Waals surface area contributed by atoms with E-state index in [1.54, 1.807) is 6.33 Å². The van der Waals surface area contributed by atoms with Gasteiger partial charge in [-0.25, -0.2) is 9.97 Å². The average molecular weight is 249 g/mol. The topological polar surface area (TPSA) is 58.3 Å². The summed E-state index contributed by atoms with van der Waals surface area (Å²) in [6.45, 7) is 11.8. The molecule has 1 aliphatic heterocycles. The number of likely N-dealkylation sites (N-methyl/N-ethyl adjacent to an activating group) is 1. The van der Waals surface area contributed by atoms with Crippen molar-refractivity contribution in [2.45, 2.75) is 26.7 Å². The number of nitrogens with zero attached hydrogens (tertiary/aromatic N) is 4. The van der Waals surface area contributed by atoms with Crippen LogP contribution >= 0.6 is 0 Å². The zero-order chi connectivity index (χ0) is 13.1. The van der Waals surface area contributed by atoms with Crippen molar-refractivity contribution in [2.75, 3.05) is 43.4 Å². The van der Waals surface area contributed by atoms with E-state index in [4.69, 9.17) is 5.73 Å². The van der Waals surface area contributed by atoms with E-state index in [1.807, 2.05) is 0 Å². The molecule has 2 rings (SSSR count). The van der Waals surface area contributed by atoms with Crippen LogP contribution in [0.3, 0.4) is 0 Å². The van der Waals surface area contributed by atoms with Crippen LogP contribution in [0.5, 0.6) is 0 Å². The molecular weight excluding hydrogens is 226 g/mol. The summed E-state index contributed by atoms with van der Waals surface area (Å²) >= 11 is 0. The molecule has 0 spiro atoms. The molecule has 0 atom stereocenters. The number of nitrogen functional groups attached to an aromatic ring is 1. The van der Waals surface area contributed by atoms with E-state index < -0.39 is 0 Å². The Balaban J connectivity index is 2.21. The number of piperazine rings is 1. The summed E-state index contributed by atoms with van der Waals surface area (Å²) < 4.78 is 0. The molecule has 0 unspecified atom stereocenters. The number of aromatic nitrogens is 2. The van der Waals surface area contributed by atoms with Crippen molar-refractivity contribution in [2.24, 2.45) is 0 Å². The minimum Gasteiger partial charge on any atom is -0.383 e. The van der Waals surface area contributed by atoms with Crippen LogP contribution in [0, 0.1) is 0 Å². The molecule has 1 aliphatic rings. The number of rotatable bonds is 3. The zero-order valence-electron chi connectivity index (χ0n) is 11.6. The maximum atomic E-state index is 5.99. The van der Waals surface area contributed by atoms with Crippen molar-refractivity contribution in [1.29, 1.82) is 0 Å². The first-order chi connectivity index (χ1) is 8.63. The molecule has 0 amide bonds. The van der Waals surface area contributed by atoms with Gasteiger partial charge in [0.2, 0.25) is 0 Å². The summed E-state index contributed by atoms with van der Waals surface area (Å²) in [6.07, 6.45) is 1.57. The molecule has 18 heavy (non-hydrogen) atoms. The maximum Gasteiger partial charge on any atom is 0.137 e. The van der Waals surface area contributed by atoms with Crippen LogP contribution in [0.1, 0.15) is 32.3 Å². The highest BCUT2D eigenvalue weighted by Crippen LogP contribution is 2.29. The number of hydrogen-bond acceptors (Lipinski definition) is 5. The van der Waals surface area contributed by atoms with Crippen molar-refractivity contribution in [3.05, 3.63) is 11.9 Å². The minimum atomic E-state index is 0.352. The second-order valence-electron chi connectivity index (χ2n) is 5.07. The van der Waals surface area contributed by atoms with Gasteiger partial charge in [0.15, 0.2) is 0 Å². The van der Waals surface area contributed by atoms with E-state index in [0.717, 1.165) is 44.1 Å². The third-order valence-electron chi connectivity index (χ3n) is 3.59. The first-order valence-electron chi connectivity index (χ1n) is 6.71. The largest absolute Gasteiger partial charge is 0.383 e. The lowest BCUT2D eigenvalue weighted by Crippen LogP contribution is -2.46. The lowest BCUT2D eigenvalue weighted by molar-refractivity contribution is 0.270. The molecule has 0 bridgehead atoms. The Morgan fingerprint density at radius 1 is 1.22 bits per heavy atom. The highest BCUT2D eigenvalue weighted by atomic mass is 15.3. The molecule has 2 N–H and O–H groups in total. The van der Waals surface area contributed by atoms with Gasteiger partial charge in [-0.15, -0.1) is 0 Å². The van der Waals surface area contributed by atoms with Crippen LogP contribution in [-0.4, -0.2) is 47.6 Å². The average Bonchev–Trinajstić information content (AvgIpc) is 2.38. The lowest BCUT2D eigenvalue weighted by Gasteiger charge is -2.36.